The highest BCUT2D eigenvalue weighted by molar-refractivity contribution is 5.66. The zero-order valence-electron chi connectivity index (χ0n) is 13.3. The van der Waals surface area contributed by atoms with Crippen molar-refractivity contribution >= 4 is 11.5 Å². The molecule has 2 rings (SSSR count). The van der Waals surface area contributed by atoms with E-state index in [1.165, 1.54) is 5.56 Å². The lowest BCUT2D eigenvalue weighted by molar-refractivity contribution is 0.414. The van der Waals surface area contributed by atoms with Crippen LogP contribution in [0, 0.1) is 6.92 Å². The molecule has 0 saturated carbocycles. The summed E-state index contributed by atoms with van der Waals surface area (Å²) in [6.45, 7) is 5.75. The summed E-state index contributed by atoms with van der Waals surface area (Å²) in [5, 5.41) is 4.52. The molecule has 1 heterocycles. The van der Waals surface area contributed by atoms with E-state index in [0.717, 1.165) is 42.5 Å². The maximum atomic E-state index is 6.19. The van der Waals surface area contributed by atoms with Gasteiger partial charge in [-0.3, -0.25) is 0 Å². The smallest absolute Gasteiger partial charge is 0.150 e. The highest BCUT2D eigenvalue weighted by atomic mass is 16.5. The van der Waals surface area contributed by atoms with E-state index < -0.39 is 0 Å². The fraction of sp³-hybridized carbons (Fsp3) is 0.438. The highest BCUT2D eigenvalue weighted by Crippen LogP contribution is 2.27. The van der Waals surface area contributed by atoms with E-state index in [-0.39, 0.29) is 0 Å². The van der Waals surface area contributed by atoms with E-state index in [0.29, 0.717) is 0 Å². The molecule has 5 nitrogen and oxygen atoms in total. The van der Waals surface area contributed by atoms with E-state index in [9.17, 15) is 0 Å². The topological polar surface area (TPSA) is 56.3 Å². The lowest BCUT2D eigenvalue weighted by Crippen LogP contribution is -2.21. The predicted molar refractivity (Wildman–Crippen MR) is 86.8 cm³/mol. The minimum Gasteiger partial charge on any atom is -0.497 e. The third-order valence-corrected chi connectivity index (χ3v) is 3.52. The molecule has 5 heteroatoms. The van der Waals surface area contributed by atoms with Crippen molar-refractivity contribution in [3.05, 3.63) is 35.5 Å². The summed E-state index contributed by atoms with van der Waals surface area (Å²) in [6.07, 6.45) is 1.03. The standard InChI is InChI=1S/C16H24N4O/c1-5-10-20-16(15(17)12(2)18-20)19(3)11-13-6-8-14(21-4)9-7-13/h6-9H,5,10-11,17H2,1-4H3. The largest absolute Gasteiger partial charge is 0.497 e. The van der Waals surface area contributed by atoms with Crippen LogP contribution in [0.2, 0.25) is 0 Å². The summed E-state index contributed by atoms with van der Waals surface area (Å²) in [5.74, 6) is 1.86. The van der Waals surface area contributed by atoms with Gasteiger partial charge < -0.3 is 15.4 Å². The van der Waals surface area contributed by atoms with Crippen LogP contribution in [0.15, 0.2) is 24.3 Å². The molecule has 0 amide bonds. The van der Waals surface area contributed by atoms with Crippen LogP contribution in [-0.4, -0.2) is 23.9 Å². The third-order valence-electron chi connectivity index (χ3n) is 3.52. The second-order valence-corrected chi connectivity index (χ2v) is 5.25. The first kappa shape index (κ1) is 15.2. The molecule has 0 aliphatic carbocycles. The average molecular weight is 288 g/mol. The van der Waals surface area contributed by atoms with Gasteiger partial charge in [0.1, 0.15) is 5.75 Å². The second-order valence-electron chi connectivity index (χ2n) is 5.25. The van der Waals surface area contributed by atoms with Crippen molar-refractivity contribution in [3.63, 3.8) is 0 Å². The van der Waals surface area contributed by atoms with Crippen molar-refractivity contribution in [2.45, 2.75) is 33.4 Å². The van der Waals surface area contributed by atoms with E-state index in [1.807, 2.05) is 30.8 Å². The first-order valence-electron chi connectivity index (χ1n) is 7.23. The first-order chi connectivity index (χ1) is 10.1. The highest BCUT2D eigenvalue weighted by Gasteiger charge is 2.16. The van der Waals surface area contributed by atoms with Crippen LogP contribution in [-0.2, 0) is 13.1 Å². The molecule has 0 bridgehead atoms. The molecular formula is C16H24N4O. The number of nitrogen functional groups attached to an aromatic ring is 1. The number of nitrogens with two attached hydrogens (primary N) is 1. The van der Waals surface area contributed by atoms with Gasteiger partial charge in [0.15, 0.2) is 5.82 Å². The Morgan fingerprint density at radius 2 is 1.95 bits per heavy atom. The van der Waals surface area contributed by atoms with Crippen molar-refractivity contribution in [3.8, 4) is 5.75 Å². The fourth-order valence-corrected chi connectivity index (χ4v) is 2.43. The number of ether oxygens (including phenoxy) is 1. The number of nitrogens with zero attached hydrogens (tertiary/aromatic N) is 3. The van der Waals surface area contributed by atoms with Gasteiger partial charge in [0.2, 0.25) is 0 Å². The number of aryl methyl sites for hydroxylation is 2. The van der Waals surface area contributed by atoms with Crippen LogP contribution in [0.3, 0.4) is 0 Å². The van der Waals surface area contributed by atoms with Crippen molar-refractivity contribution in [2.75, 3.05) is 24.8 Å². The van der Waals surface area contributed by atoms with Crippen molar-refractivity contribution in [1.82, 2.24) is 9.78 Å². The number of anilines is 2. The Morgan fingerprint density at radius 1 is 1.29 bits per heavy atom. The van der Waals surface area contributed by atoms with Crippen LogP contribution >= 0.6 is 0 Å². The maximum Gasteiger partial charge on any atom is 0.150 e. The van der Waals surface area contributed by atoms with Gasteiger partial charge in [0, 0.05) is 20.1 Å². The molecule has 0 atom stereocenters. The lowest BCUT2D eigenvalue weighted by Gasteiger charge is -2.21. The van der Waals surface area contributed by atoms with Crippen molar-refractivity contribution < 1.29 is 4.74 Å². The quantitative estimate of drug-likeness (QED) is 0.888. The third kappa shape index (κ3) is 3.29. The normalized spacial score (nSPS) is 10.7. The molecule has 0 aliphatic heterocycles. The molecule has 0 aliphatic rings. The van der Waals surface area contributed by atoms with Gasteiger partial charge in [-0.2, -0.15) is 5.10 Å². The van der Waals surface area contributed by atoms with Crippen molar-refractivity contribution in [1.29, 1.82) is 0 Å². The Labute approximate surface area is 126 Å². The Kier molecular flexibility index (Phi) is 4.73. The summed E-state index contributed by atoms with van der Waals surface area (Å²) < 4.78 is 7.18. The van der Waals surface area contributed by atoms with Gasteiger partial charge in [0.25, 0.3) is 0 Å². The van der Waals surface area contributed by atoms with Gasteiger partial charge in [-0.05, 0) is 31.0 Å². The Bertz CT molecular complexity index is 589. The number of rotatable bonds is 6. The maximum absolute atomic E-state index is 6.19. The Balaban J connectivity index is 2.20. The van der Waals surface area contributed by atoms with Crippen LogP contribution < -0.4 is 15.4 Å². The van der Waals surface area contributed by atoms with E-state index in [4.69, 9.17) is 10.5 Å². The Morgan fingerprint density at radius 3 is 2.52 bits per heavy atom. The number of benzene rings is 1. The molecule has 0 radical (unpaired) electrons. The summed E-state index contributed by atoms with van der Waals surface area (Å²) in [6, 6.07) is 8.08. The number of methoxy groups -OCH3 is 1. The zero-order chi connectivity index (χ0) is 15.4. The molecule has 2 N–H and O–H groups in total. The molecule has 1 aromatic heterocycles. The zero-order valence-corrected chi connectivity index (χ0v) is 13.3. The summed E-state index contributed by atoms with van der Waals surface area (Å²) in [5.41, 5.74) is 9.05. The second kappa shape index (κ2) is 6.52. The summed E-state index contributed by atoms with van der Waals surface area (Å²) in [7, 11) is 3.72. The van der Waals surface area contributed by atoms with Crippen LogP contribution in [0.1, 0.15) is 24.6 Å². The monoisotopic (exact) mass is 288 g/mol. The number of hydrogen-bond donors (Lipinski definition) is 1. The summed E-state index contributed by atoms with van der Waals surface area (Å²) >= 11 is 0. The average Bonchev–Trinajstić information content (AvgIpc) is 2.75. The molecule has 0 spiro atoms. The van der Waals surface area contributed by atoms with Gasteiger partial charge in [-0.25, -0.2) is 4.68 Å². The molecule has 114 valence electrons. The SMILES string of the molecule is CCCn1nc(C)c(N)c1N(C)Cc1ccc(OC)cc1. The van der Waals surface area contributed by atoms with E-state index in [1.54, 1.807) is 7.11 Å². The lowest BCUT2D eigenvalue weighted by atomic mass is 10.2. The predicted octanol–water partition coefficient (Wildman–Crippen LogP) is 2.83. The van der Waals surface area contributed by atoms with Crippen LogP contribution in [0.4, 0.5) is 11.5 Å². The molecule has 0 unspecified atom stereocenters. The molecule has 2 aromatic rings. The Hall–Kier alpha value is -2.17. The molecular weight excluding hydrogens is 264 g/mol. The number of aromatic nitrogens is 2. The minimum absolute atomic E-state index is 0.763. The molecule has 21 heavy (non-hydrogen) atoms. The van der Waals surface area contributed by atoms with Gasteiger partial charge >= 0.3 is 0 Å². The first-order valence-corrected chi connectivity index (χ1v) is 7.23. The number of hydrogen-bond acceptors (Lipinski definition) is 4. The minimum atomic E-state index is 0.763. The van der Waals surface area contributed by atoms with Crippen LogP contribution in [0.25, 0.3) is 0 Å². The van der Waals surface area contributed by atoms with Gasteiger partial charge in [-0.15, -0.1) is 0 Å². The van der Waals surface area contributed by atoms with Gasteiger partial charge in [0.05, 0.1) is 18.5 Å². The van der Waals surface area contributed by atoms with E-state index >= 15 is 0 Å². The van der Waals surface area contributed by atoms with Crippen molar-refractivity contribution in [2.24, 2.45) is 0 Å². The fourth-order valence-electron chi connectivity index (χ4n) is 2.43. The van der Waals surface area contributed by atoms with E-state index in [2.05, 4.69) is 29.1 Å². The molecule has 0 fully saturated rings. The molecule has 1 aromatic carbocycles. The summed E-state index contributed by atoms with van der Waals surface area (Å²) in [4.78, 5) is 2.15. The van der Waals surface area contributed by atoms with Crippen LogP contribution in [0.5, 0.6) is 5.75 Å². The van der Waals surface area contributed by atoms with Gasteiger partial charge in [-0.1, -0.05) is 19.1 Å². The molecule has 0 saturated heterocycles.